The number of amides is 2. The van der Waals surface area contributed by atoms with Crippen LogP contribution in [0.2, 0.25) is 5.02 Å². The summed E-state index contributed by atoms with van der Waals surface area (Å²) in [4.78, 5) is 28.6. The van der Waals surface area contributed by atoms with Gasteiger partial charge < -0.3 is 19.9 Å². The maximum Gasteiger partial charge on any atom is 0.247 e. The number of anilines is 2. The third kappa shape index (κ3) is 5.01. The van der Waals surface area contributed by atoms with Crippen molar-refractivity contribution >= 4 is 34.8 Å². The average molecular weight is 456 g/mol. The first-order chi connectivity index (χ1) is 15.4. The fourth-order valence-electron chi connectivity index (χ4n) is 4.62. The summed E-state index contributed by atoms with van der Waals surface area (Å²) in [6.45, 7) is 6.01. The number of hydrogen-bond donors (Lipinski definition) is 1. The van der Waals surface area contributed by atoms with Gasteiger partial charge in [-0.25, -0.2) is 0 Å². The van der Waals surface area contributed by atoms with Crippen LogP contribution in [0.25, 0.3) is 0 Å². The zero-order valence-electron chi connectivity index (χ0n) is 18.6. The highest BCUT2D eigenvalue weighted by Crippen LogP contribution is 2.32. The number of carbonyl (C=O) groups is 2. The molecule has 32 heavy (non-hydrogen) atoms. The summed E-state index contributed by atoms with van der Waals surface area (Å²) in [5.41, 5.74) is 3.10. The van der Waals surface area contributed by atoms with Crippen LogP contribution < -0.4 is 15.0 Å². The largest absolute Gasteiger partial charge is 0.487 e. The second kappa shape index (κ2) is 9.82. The molecule has 0 unspecified atom stereocenters. The van der Waals surface area contributed by atoms with E-state index in [4.69, 9.17) is 16.3 Å². The van der Waals surface area contributed by atoms with E-state index >= 15 is 0 Å². The van der Waals surface area contributed by atoms with Crippen molar-refractivity contribution in [1.82, 2.24) is 4.90 Å². The van der Waals surface area contributed by atoms with Gasteiger partial charge in [-0.15, -0.1) is 0 Å². The van der Waals surface area contributed by atoms with Gasteiger partial charge in [0.25, 0.3) is 0 Å². The van der Waals surface area contributed by atoms with Gasteiger partial charge in [-0.3, -0.25) is 9.59 Å². The lowest BCUT2D eigenvalue weighted by molar-refractivity contribution is -0.138. The molecule has 2 fully saturated rings. The van der Waals surface area contributed by atoms with Crippen LogP contribution in [-0.2, 0) is 9.59 Å². The summed E-state index contributed by atoms with van der Waals surface area (Å²) < 4.78 is 6.18. The Morgan fingerprint density at radius 3 is 2.66 bits per heavy atom. The van der Waals surface area contributed by atoms with E-state index in [0.717, 1.165) is 32.4 Å². The van der Waals surface area contributed by atoms with Crippen molar-refractivity contribution in [3.8, 4) is 5.75 Å². The monoisotopic (exact) mass is 455 g/mol. The van der Waals surface area contributed by atoms with Gasteiger partial charge in [-0.1, -0.05) is 29.8 Å². The number of benzene rings is 2. The van der Waals surface area contributed by atoms with Crippen LogP contribution in [0.5, 0.6) is 5.75 Å². The number of rotatable bonds is 5. The average Bonchev–Trinajstić information content (AvgIpc) is 3.24. The Labute approximate surface area is 194 Å². The van der Waals surface area contributed by atoms with Crippen LogP contribution in [0.15, 0.2) is 42.5 Å². The maximum absolute atomic E-state index is 12.8. The van der Waals surface area contributed by atoms with E-state index in [1.165, 1.54) is 18.2 Å². The molecular weight excluding hydrogens is 426 g/mol. The number of carbonyl (C=O) groups excluding carboxylic acids is 2. The van der Waals surface area contributed by atoms with Gasteiger partial charge in [0, 0.05) is 37.8 Å². The quantitative estimate of drug-likeness (QED) is 0.713. The molecule has 0 aliphatic carbocycles. The number of piperidine rings is 1. The van der Waals surface area contributed by atoms with Gasteiger partial charge >= 0.3 is 0 Å². The van der Waals surface area contributed by atoms with Crippen LogP contribution >= 0.6 is 11.6 Å². The number of halogens is 1. The van der Waals surface area contributed by atoms with Crippen molar-refractivity contribution in [1.29, 1.82) is 0 Å². The van der Waals surface area contributed by atoms with Crippen LogP contribution in [0.3, 0.4) is 0 Å². The zero-order chi connectivity index (χ0) is 22.7. The molecule has 0 spiro atoms. The van der Waals surface area contributed by atoms with E-state index in [9.17, 15) is 9.59 Å². The highest BCUT2D eigenvalue weighted by molar-refractivity contribution is 6.32. The van der Waals surface area contributed by atoms with Crippen molar-refractivity contribution in [2.45, 2.75) is 51.7 Å². The Hall–Kier alpha value is -2.73. The minimum Gasteiger partial charge on any atom is -0.487 e. The summed E-state index contributed by atoms with van der Waals surface area (Å²) in [6.07, 6.45) is 3.53. The Bertz CT molecular complexity index is 996. The van der Waals surface area contributed by atoms with Gasteiger partial charge in [-0.05, 0) is 56.0 Å². The molecule has 6 nitrogen and oxygen atoms in total. The van der Waals surface area contributed by atoms with E-state index in [1.807, 2.05) is 0 Å². The SMILES string of the molecule is CC(=O)N1CCCC[C@@H]1C(=O)Nc1ccc(O[C@H]2CCN(c3ccccc3C)C2)c(Cl)c1. The molecule has 1 N–H and O–H groups in total. The molecule has 2 heterocycles. The highest BCUT2D eigenvalue weighted by atomic mass is 35.5. The third-order valence-corrected chi connectivity index (χ3v) is 6.60. The lowest BCUT2D eigenvalue weighted by Crippen LogP contribution is -2.49. The topological polar surface area (TPSA) is 61.9 Å². The number of aryl methyl sites for hydroxylation is 1. The molecule has 0 radical (unpaired) electrons. The lowest BCUT2D eigenvalue weighted by Gasteiger charge is -2.33. The van der Waals surface area contributed by atoms with Crippen molar-refractivity contribution in [3.63, 3.8) is 0 Å². The molecule has 2 aromatic carbocycles. The minimum atomic E-state index is -0.429. The van der Waals surface area contributed by atoms with E-state index in [-0.39, 0.29) is 17.9 Å². The van der Waals surface area contributed by atoms with Crippen LogP contribution in [0.4, 0.5) is 11.4 Å². The minimum absolute atomic E-state index is 0.0545. The van der Waals surface area contributed by atoms with Gasteiger partial charge in [0.05, 0.1) is 11.6 Å². The van der Waals surface area contributed by atoms with E-state index in [2.05, 4.69) is 41.4 Å². The van der Waals surface area contributed by atoms with Gasteiger partial charge in [-0.2, -0.15) is 0 Å². The number of nitrogens with zero attached hydrogens (tertiary/aromatic N) is 2. The van der Waals surface area contributed by atoms with Crippen LogP contribution in [0, 0.1) is 6.92 Å². The predicted molar refractivity (Wildman–Crippen MR) is 128 cm³/mol. The molecule has 2 amide bonds. The van der Waals surface area contributed by atoms with Gasteiger partial charge in [0.1, 0.15) is 17.9 Å². The second-order valence-electron chi connectivity index (χ2n) is 8.62. The normalized spacial score (nSPS) is 20.8. The lowest BCUT2D eigenvalue weighted by atomic mass is 10.0. The van der Waals surface area contributed by atoms with Gasteiger partial charge in [0.15, 0.2) is 0 Å². The molecule has 2 aliphatic heterocycles. The summed E-state index contributed by atoms with van der Waals surface area (Å²) >= 11 is 6.48. The number of likely N-dealkylation sites (tertiary alicyclic amines) is 1. The molecule has 2 aliphatic rings. The Morgan fingerprint density at radius 2 is 1.91 bits per heavy atom. The smallest absolute Gasteiger partial charge is 0.247 e. The molecule has 4 rings (SSSR count). The fourth-order valence-corrected chi connectivity index (χ4v) is 4.85. The fraction of sp³-hybridized carbons (Fsp3) is 0.440. The molecule has 2 aromatic rings. The molecule has 0 bridgehead atoms. The highest BCUT2D eigenvalue weighted by Gasteiger charge is 2.30. The van der Waals surface area contributed by atoms with E-state index in [0.29, 0.717) is 29.4 Å². The predicted octanol–water partition coefficient (Wildman–Crippen LogP) is 4.65. The summed E-state index contributed by atoms with van der Waals surface area (Å²) in [6, 6.07) is 13.3. The van der Waals surface area contributed by atoms with E-state index in [1.54, 1.807) is 23.1 Å². The van der Waals surface area contributed by atoms with Crippen LogP contribution in [0.1, 0.15) is 38.2 Å². The Morgan fingerprint density at radius 1 is 1.09 bits per heavy atom. The molecular formula is C25H30ClN3O3. The molecule has 2 saturated heterocycles. The summed E-state index contributed by atoms with van der Waals surface area (Å²) in [5.74, 6) is 0.376. The molecule has 0 saturated carbocycles. The number of ether oxygens (including phenoxy) is 1. The first-order valence-electron chi connectivity index (χ1n) is 11.3. The van der Waals surface area contributed by atoms with Crippen molar-refractivity contribution < 1.29 is 14.3 Å². The molecule has 170 valence electrons. The molecule has 2 atom stereocenters. The Kier molecular flexibility index (Phi) is 6.89. The summed E-state index contributed by atoms with van der Waals surface area (Å²) in [5, 5.41) is 3.37. The zero-order valence-corrected chi connectivity index (χ0v) is 19.4. The number of para-hydroxylation sites is 1. The standard InChI is InChI=1S/C25H30ClN3O3/c1-17-7-3-4-8-22(17)28-14-12-20(16-28)32-24-11-10-19(15-21(24)26)27-25(31)23-9-5-6-13-29(23)18(2)30/h3-4,7-8,10-11,15,20,23H,5-6,9,12-14,16H2,1-2H3,(H,27,31)/t20-,23+/m0/s1. The van der Waals surface area contributed by atoms with Crippen molar-refractivity contribution in [2.24, 2.45) is 0 Å². The Balaban J connectivity index is 1.37. The van der Waals surface area contributed by atoms with Crippen molar-refractivity contribution in [3.05, 3.63) is 53.1 Å². The summed E-state index contributed by atoms with van der Waals surface area (Å²) in [7, 11) is 0. The molecule has 7 heteroatoms. The third-order valence-electron chi connectivity index (χ3n) is 6.30. The number of nitrogens with one attached hydrogen (secondary N) is 1. The maximum atomic E-state index is 12.8. The first-order valence-corrected chi connectivity index (χ1v) is 11.6. The van der Waals surface area contributed by atoms with E-state index < -0.39 is 6.04 Å². The molecule has 0 aromatic heterocycles. The second-order valence-corrected chi connectivity index (χ2v) is 9.03. The van der Waals surface area contributed by atoms with Gasteiger partial charge in [0.2, 0.25) is 11.8 Å². The number of hydrogen-bond acceptors (Lipinski definition) is 4. The van der Waals surface area contributed by atoms with Crippen molar-refractivity contribution in [2.75, 3.05) is 29.9 Å². The first kappa shape index (κ1) is 22.5. The van der Waals surface area contributed by atoms with Crippen LogP contribution in [-0.4, -0.2) is 48.5 Å².